The number of carboxylic acid groups (broad SMARTS) is 1. The van der Waals surface area contributed by atoms with Crippen LogP contribution in [0.25, 0.3) is 0 Å². The molecule has 0 aliphatic carbocycles. The molecule has 4 heteroatoms. The van der Waals surface area contributed by atoms with Crippen LogP contribution in [0.4, 0.5) is 0 Å². The van der Waals surface area contributed by atoms with Gasteiger partial charge in [0.2, 0.25) is 0 Å². The molecule has 1 aromatic rings. The van der Waals surface area contributed by atoms with Crippen LogP contribution in [0.15, 0.2) is 30.3 Å². The molecule has 0 saturated carbocycles. The van der Waals surface area contributed by atoms with Crippen molar-refractivity contribution in [2.24, 2.45) is 0 Å². The third kappa shape index (κ3) is 2.38. The van der Waals surface area contributed by atoms with Crippen molar-refractivity contribution >= 4 is 21.9 Å². The topological polar surface area (TPSA) is 46.5 Å². The SMILES string of the molecule is COC(C)(C(=O)O)C(Br)c1ccccc1. The zero-order valence-corrected chi connectivity index (χ0v) is 10.2. The second kappa shape index (κ2) is 4.77. The van der Waals surface area contributed by atoms with Crippen molar-refractivity contribution in [1.82, 2.24) is 0 Å². The highest BCUT2D eigenvalue weighted by Gasteiger charge is 2.41. The van der Waals surface area contributed by atoms with Crippen LogP contribution in [0.5, 0.6) is 0 Å². The van der Waals surface area contributed by atoms with E-state index in [-0.39, 0.29) is 4.83 Å². The number of benzene rings is 1. The van der Waals surface area contributed by atoms with E-state index in [2.05, 4.69) is 15.9 Å². The van der Waals surface area contributed by atoms with Crippen molar-refractivity contribution < 1.29 is 14.6 Å². The smallest absolute Gasteiger partial charge is 0.337 e. The number of carboxylic acids is 1. The fraction of sp³-hybridized carbons (Fsp3) is 0.364. The van der Waals surface area contributed by atoms with Crippen molar-refractivity contribution in [3.63, 3.8) is 0 Å². The molecule has 1 rings (SSSR count). The third-order valence-electron chi connectivity index (χ3n) is 2.42. The molecule has 3 nitrogen and oxygen atoms in total. The Balaban J connectivity index is 3.02. The van der Waals surface area contributed by atoms with Crippen LogP contribution in [0.3, 0.4) is 0 Å². The van der Waals surface area contributed by atoms with Crippen LogP contribution >= 0.6 is 15.9 Å². The van der Waals surface area contributed by atoms with Gasteiger partial charge in [-0.25, -0.2) is 4.79 Å². The van der Waals surface area contributed by atoms with Gasteiger partial charge >= 0.3 is 5.97 Å². The number of alkyl halides is 1. The van der Waals surface area contributed by atoms with Gasteiger partial charge in [-0.05, 0) is 12.5 Å². The van der Waals surface area contributed by atoms with E-state index in [0.29, 0.717) is 0 Å². The summed E-state index contributed by atoms with van der Waals surface area (Å²) in [7, 11) is 1.39. The maximum atomic E-state index is 11.1. The average molecular weight is 273 g/mol. The lowest BCUT2D eigenvalue weighted by Gasteiger charge is -2.28. The number of methoxy groups -OCH3 is 1. The number of hydrogen-bond donors (Lipinski definition) is 1. The lowest BCUT2D eigenvalue weighted by Crippen LogP contribution is -2.41. The summed E-state index contributed by atoms with van der Waals surface area (Å²) in [6, 6.07) is 9.33. The number of carbonyl (C=O) groups is 1. The predicted octanol–water partition coefficient (Wildman–Crippen LogP) is 2.61. The fourth-order valence-electron chi connectivity index (χ4n) is 1.24. The van der Waals surface area contributed by atoms with Gasteiger partial charge < -0.3 is 9.84 Å². The van der Waals surface area contributed by atoms with E-state index in [0.717, 1.165) is 5.56 Å². The van der Waals surface area contributed by atoms with Crippen molar-refractivity contribution in [1.29, 1.82) is 0 Å². The molecule has 0 heterocycles. The van der Waals surface area contributed by atoms with Crippen LogP contribution in [0.2, 0.25) is 0 Å². The monoisotopic (exact) mass is 272 g/mol. The first-order valence-corrected chi connectivity index (χ1v) is 5.41. The van der Waals surface area contributed by atoms with Crippen LogP contribution in [-0.4, -0.2) is 23.8 Å². The van der Waals surface area contributed by atoms with Crippen molar-refractivity contribution in [2.75, 3.05) is 7.11 Å². The van der Waals surface area contributed by atoms with Crippen molar-refractivity contribution in [3.8, 4) is 0 Å². The van der Waals surface area contributed by atoms with Crippen molar-refractivity contribution in [3.05, 3.63) is 35.9 Å². The Morgan fingerprint density at radius 2 is 2.00 bits per heavy atom. The third-order valence-corrected chi connectivity index (χ3v) is 3.83. The molecule has 0 radical (unpaired) electrons. The molecule has 82 valence electrons. The van der Waals surface area contributed by atoms with Gasteiger partial charge in [0.15, 0.2) is 5.60 Å². The first kappa shape index (κ1) is 12.2. The first-order chi connectivity index (χ1) is 7.02. The fourth-order valence-corrected chi connectivity index (χ4v) is 1.93. The molecule has 0 saturated heterocycles. The molecule has 1 N–H and O–H groups in total. The van der Waals surface area contributed by atoms with Gasteiger partial charge in [0.25, 0.3) is 0 Å². The summed E-state index contributed by atoms with van der Waals surface area (Å²) < 4.78 is 5.07. The highest BCUT2D eigenvalue weighted by atomic mass is 79.9. The van der Waals surface area contributed by atoms with E-state index in [4.69, 9.17) is 9.84 Å². The highest BCUT2D eigenvalue weighted by Crippen LogP contribution is 2.36. The van der Waals surface area contributed by atoms with Gasteiger partial charge in [0.1, 0.15) is 0 Å². The number of ether oxygens (including phenoxy) is 1. The maximum Gasteiger partial charge on any atom is 0.337 e. The molecular weight excluding hydrogens is 260 g/mol. The minimum atomic E-state index is -1.26. The van der Waals surface area contributed by atoms with Crippen LogP contribution < -0.4 is 0 Å². The van der Waals surface area contributed by atoms with Gasteiger partial charge in [-0.2, -0.15) is 0 Å². The Morgan fingerprint density at radius 1 is 1.47 bits per heavy atom. The van der Waals surface area contributed by atoms with Crippen molar-refractivity contribution in [2.45, 2.75) is 17.4 Å². The number of rotatable bonds is 4. The Kier molecular flexibility index (Phi) is 3.88. The summed E-state index contributed by atoms with van der Waals surface area (Å²) in [5, 5.41) is 9.11. The van der Waals surface area contributed by atoms with Crippen LogP contribution in [0, 0.1) is 0 Å². The molecule has 0 bridgehead atoms. The quantitative estimate of drug-likeness (QED) is 0.858. The molecule has 0 aliphatic rings. The molecule has 0 aromatic heterocycles. The first-order valence-electron chi connectivity index (χ1n) is 4.50. The van der Waals surface area contributed by atoms with E-state index in [9.17, 15) is 4.79 Å². The molecule has 0 fully saturated rings. The summed E-state index contributed by atoms with van der Waals surface area (Å²) >= 11 is 3.36. The lowest BCUT2D eigenvalue weighted by atomic mass is 9.96. The van der Waals surface area contributed by atoms with Crippen LogP contribution in [0.1, 0.15) is 17.3 Å². The number of halogens is 1. The highest BCUT2D eigenvalue weighted by molar-refractivity contribution is 9.09. The van der Waals surface area contributed by atoms with E-state index >= 15 is 0 Å². The van der Waals surface area contributed by atoms with E-state index in [1.807, 2.05) is 30.3 Å². The zero-order chi connectivity index (χ0) is 11.5. The Bertz CT molecular complexity index is 339. The Hall–Kier alpha value is -0.870. The summed E-state index contributed by atoms with van der Waals surface area (Å²) in [5.41, 5.74) is -0.384. The molecule has 0 aliphatic heterocycles. The standard InChI is InChI=1S/C11H13BrO3/c1-11(15-2,10(13)14)9(12)8-6-4-3-5-7-8/h3-7,9H,1-2H3,(H,13,14). The van der Waals surface area contributed by atoms with E-state index in [1.54, 1.807) is 6.92 Å². The van der Waals surface area contributed by atoms with E-state index < -0.39 is 11.6 Å². The molecule has 2 unspecified atom stereocenters. The average Bonchev–Trinajstić information content (AvgIpc) is 2.28. The van der Waals surface area contributed by atoms with Gasteiger partial charge in [-0.3, -0.25) is 0 Å². The molecular formula is C11H13BrO3. The summed E-state index contributed by atoms with van der Waals surface area (Å²) in [4.78, 5) is 10.7. The summed E-state index contributed by atoms with van der Waals surface area (Å²) in [6.45, 7) is 1.54. The Labute approximate surface area is 97.2 Å². The largest absolute Gasteiger partial charge is 0.479 e. The molecule has 15 heavy (non-hydrogen) atoms. The molecule has 1 aromatic carbocycles. The van der Waals surface area contributed by atoms with Gasteiger partial charge in [0.05, 0.1) is 4.83 Å². The minimum absolute atomic E-state index is 0.381. The minimum Gasteiger partial charge on any atom is -0.479 e. The second-order valence-corrected chi connectivity index (χ2v) is 4.31. The molecule has 0 spiro atoms. The lowest BCUT2D eigenvalue weighted by molar-refractivity contribution is -0.160. The van der Waals surface area contributed by atoms with Crippen LogP contribution in [-0.2, 0) is 9.53 Å². The summed E-state index contributed by atoms with van der Waals surface area (Å²) in [6.07, 6.45) is 0. The second-order valence-electron chi connectivity index (χ2n) is 3.39. The summed E-state index contributed by atoms with van der Waals surface area (Å²) in [5.74, 6) is -0.990. The number of hydrogen-bond acceptors (Lipinski definition) is 2. The number of aliphatic carboxylic acids is 1. The van der Waals surface area contributed by atoms with E-state index in [1.165, 1.54) is 7.11 Å². The van der Waals surface area contributed by atoms with Gasteiger partial charge in [-0.1, -0.05) is 46.3 Å². The van der Waals surface area contributed by atoms with Gasteiger partial charge in [0, 0.05) is 7.11 Å². The molecule has 2 atom stereocenters. The zero-order valence-electron chi connectivity index (χ0n) is 8.61. The predicted molar refractivity (Wildman–Crippen MR) is 61.2 cm³/mol. The normalized spacial score (nSPS) is 16.7. The Morgan fingerprint density at radius 3 is 2.40 bits per heavy atom. The molecule has 0 amide bonds. The maximum absolute atomic E-state index is 11.1. The van der Waals surface area contributed by atoms with Gasteiger partial charge in [-0.15, -0.1) is 0 Å².